The summed E-state index contributed by atoms with van der Waals surface area (Å²) < 4.78 is 41.5. The number of rotatable bonds is 5. The van der Waals surface area contributed by atoms with Crippen molar-refractivity contribution in [1.82, 2.24) is 0 Å². The Hall–Kier alpha value is -2.74. The highest BCUT2D eigenvalue weighted by atomic mass is 32.2. The summed E-state index contributed by atoms with van der Waals surface area (Å²) in [6, 6.07) is 11.0. The van der Waals surface area contributed by atoms with E-state index in [-0.39, 0.29) is 16.1 Å². The Morgan fingerprint density at radius 2 is 1.71 bits per heavy atom. The van der Waals surface area contributed by atoms with E-state index in [4.69, 9.17) is 4.74 Å². The zero-order valence-electron chi connectivity index (χ0n) is 12.7. The number of para-hydroxylation sites is 1. The molecule has 0 aliphatic heterocycles. The second kappa shape index (κ2) is 7.22. The number of hydrogen-bond acceptors (Lipinski definition) is 5. The van der Waals surface area contributed by atoms with E-state index in [0.29, 0.717) is 0 Å². The molecule has 0 bridgehead atoms. The van der Waals surface area contributed by atoms with Crippen LogP contribution >= 0.6 is 0 Å². The largest absolute Gasteiger partial charge is 0.452 e. The Bertz CT molecular complexity index is 880. The van der Waals surface area contributed by atoms with Gasteiger partial charge in [0.2, 0.25) is 0 Å². The summed E-state index contributed by atoms with van der Waals surface area (Å²) in [5, 5.41) is 2.25. The molecule has 0 spiro atoms. The van der Waals surface area contributed by atoms with Crippen LogP contribution in [0.1, 0.15) is 10.4 Å². The van der Waals surface area contributed by atoms with Gasteiger partial charge < -0.3 is 10.1 Å². The number of sulfone groups is 1. The molecule has 0 unspecified atom stereocenters. The average Bonchev–Trinajstić information content (AvgIpc) is 2.54. The molecule has 2 aromatic carbocycles. The third kappa shape index (κ3) is 4.39. The third-order valence-electron chi connectivity index (χ3n) is 2.99. The maximum Gasteiger partial charge on any atom is 0.339 e. The lowest BCUT2D eigenvalue weighted by molar-refractivity contribution is -0.119. The van der Waals surface area contributed by atoms with Gasteiger partial charge >= 0.3 is 5.97 Å². The first-order valence-electron chi connectivity index (χ1n) is 6.79. The topological polar surface area (TPSA) is 89.5 Å². The van der Waals surface area contributed by atoms with Crippen LogP contribution in [0.2, 0.25) is 0 Å². The summed E-state index contributed by atoms with van der Waals surface area (Å²) in [7, 11) is -3.62. The van der Waals surface area contributed by atoms with Crippen LogP contribution in [-0.2, 0) is 19.4 Å². The molecule has 126 valence electrons. The van der Waals surface area contributed by atoms with Crippen molar-refractivity contribution in [3.05, 3.63) is 59.9 Å². The van der Waals surface area contributed by atoms with Gasteiger partial charge in [0.15, 0.2) is 16.4 Å². The summed E-state index contributed by atoms with van der Waals surface area (Å²) in [6.07, 6.45) is 0.962. The molecule has 2 aromatic rings. The molecule has 8 heteroatoms. The van der Waals surface area contributed by atoms with Gasteiger partial charge in [-0.05, 0) is 24.3 Å². The molecule has 0 saturated carbocycles. The normalized spacial score (nSPS) is 10.9. The van der Waals surface area contributed by atoms with Crippen molar-refractivity contribution in [3.8, 4) is 0 Å². The standard InChI is InChI=1S/C16H14FNO5S/c1-24(21,22)14-9-5-2-6-11(14)16(20)23-10-15(19)18-13-8-4-3-7-12(13)17/h2-9H,10H2,1H3,(H,18,19). The molecule has 0 atom stereocenters. The Morgan fingerprint density at radius 3 is 2.38 bits per heavy atom. The first-order valence-corrected chi connectivity index (χ1v) is 8.69. The van der Waals surface area contributed by atoms with Crippen molar-refractivity contribution in [2.24, 2.45) is 0 Å². The summed E-state index contributed by atoms with van der Waals surface area (Å²) in [5.41, 5.74) is -0.214. The van der Waals surface area contributed by atoms with Crippen molar-refractivity contribution in [1.29, 1.82) is 0 Å². The molecule has 1 N–H and O–H groups in total. The van der Waals surface area contributed by atoms with E-state index in [2.05, 4.69) is 5.32 Å². The Labute approximate surface area is 138 Å². The number of anilines is 1. The Kier molecular flexibility index (Phi) is 5.30. The van der Waals surface area contributed by atoms with Gasteiger partial charge in [-0.25, -0.2) is 17.6 Å². The van der Waals surface area contributed by atoms with Gasteiger partial charge in [-0.2, -0.15) is 0 Å². The summed E-state index contributed by atoms with van der Waals surface area (Å²) in [6.45, 7) is -0.675. The highest BCUT2D eigenvalue weighted by molar-refractivity contribution is 7.90. The lowest BCUT2D eigenvalue weighted by Crippen LogP contribution is -2.22. The van der Waals surface area contributed by atoms with Gasteiger partial charge in [0, 0.05) is 6.26 Å². The van der Waals surface area contributed by atoms with Crippen LogP contribution in [0.25, 0.3) is 0 Å². The molecule has 0 saturated heterocycles. The number of benzene rings is 2. The second-order valence-electron chi connectivity index (χ2n) is 4.87. The number of nitrogens with one attached hydrogen (secondary N) is 1. The minimum atomic E-state index is -3.62. The summed E-state index contributed by atoms with van der Waals surface area (Å²) in [4.78, 5) is 23.5. The van der Waals surface area contributed by atoms with E-state index < -0.39 is 34.1 Å². The lowest BCUT2D eigenvalue weighted by Gasteiger charge is -2.09. The summed E-state index contributed by atoms with van der Waals surface area (Å²) >= 11 is 0. The minimum Gasteiger partial charge on any atom is -0.452 e. The minimum absolute atomic E-state index is 0.0462. The van der Waals surface area contributed by atoms with Gasteiger partial charge in [0.1, 0.15) is 5.82 Å². The van der Waals surface area contributed by atoms with Crippen molar-refractivity contribution in [2.45, 2.75) is 4.90 Å². The number of carbonyl (C=O) groups excluding carboxylic acids is 2. The van der Waals surface area contributed by atoms with Crippen LogP contribution in [0, 0.1) is 5.82 Å². The number of hydrogen-bond donors (Lipinski definition) is 1. The quantitative estimate of drug-likeness (QED) is 0.833. The highest BCUT2D eigenvalue weighted by Crippen LogP contribution is 2.16. The van der Waals surface area contributed by atoms with Crippen LogP contribution in [-0.4, -0.2) is 33.2 Å². The van der Waals surface area contributed by atoms with E-state index in [1.807, 2.05) is 0 Å². The zero-order chi connectivity index (χ0) is 17.7. The monoisotopic (exact) mass is 351 g/mol. The average molecular weight is 351 g/mol. The third-order valence-corrected chi connectivity index (χ3v) is 4.14. The number of halogens is 1. The predicted octanol–water partition coefficient (Wildman–Crippen LogP) is 2.02. The fourth-order valence-corrected chi connectivity index (χ4v) is 2.79. The van der Waals surface area contributed by atoms with Gasteiger partial charge in [-0.3, -0.25) is 4.79 Å². The van der Waals surface area contributed by atoms with E-state index >= 15 is 0 Å². The first kappa shape index (κ1) is 17.6. The van der Waals surface area contributed by atoms with Gasteiger partial charge in [0.25, 0.3) is 5.91 Å². The molecule has 0 fully saturated rings. The fourth-order valence-electron chi connectivity index (χ4n) is 1.92. The van der Waals surface area contributed by atoms with Crippen LogP contribution in [0.5, 0.6) is 0 Å². The SMILES string of the molecule is CS(=O)(=O)c1ccccc1C(=O)OCC(=O)Nc1ccccc1F. The van der Waals surface area contributed by atoms with E-state index in [1.165, 1.54) is 48.5 Å². The molecule has 0 radical (unpaired) electrons. The first-order chi connectivity index (χ1) is 11.3. The predicted molar refractivity (Wildman–Crippen MR) is 84.9 cm³/mol. The number of esters is 1. The molecule has 24 heavy (non-hydrogen) atoms. The highest BCUT2D eigenvalue weighted by Gasteiger charge is 2.20. The van der Waals surface area contributed by atoms with Crippen molar-refractivity contribution < 1.29 is 27.1 Å². The van der Waals surface area contributed by atoms with Crippen LogP contribution in [0.3, 0.4) is 0 Å². The molecule has 0 aromatic heterocycles. The molecule has 0 aliphatic rings. The van der Waals surface area contributed by atoms with E-state index in [0.717, 1.165) is 6.26 Å². The number of amides is 1. The molecular weight excluding hydrogens is 337 g/mol. The number of ether oxygens (including phenoxy) is 1. The molecule has 6 nitrogen and oxygen atoms in total. The van der Waals surface area contributed by atoms with E-state index in [9.17, 15) is 22.4 Å². The maximum absolute atomic E-state index is 13.4. The Balaban J connectivity index is 2.04. The van der Waals surface area contributed by atoms with Gasteiger partial charge in [0.05, 0.1) is 16.1 Å². The summed E-state index contributed by atoms with van der Waals surface area (Å²) in [5.74, 6) is -2.33. The molecule has 0 heterocycles. The Morgan fingerprint density at radius 1 is 1.08 bits per heavy atom. The molecule has 0 aliphatic carbocycles. The lowest BCUT2D eigenvalue weighted by atomic mass is 10.2. The smallest absolute Gasteiger partial charge is 0.339 e. The zero-order valence-corrected chi connectivity index (χ0v) is 13.5. The molecule has 2 rings (SSSR count). The van der Waals surface area contributed by atoms with Crippen molar-refractivity contribution >= 4 is 27.4 Å². The second-order valence-corrected chi connectivity index (χ2v) is 6.86. The van der Waals surface area contributed by atoms with Gasteiger partial charge in [-0.15, -0.1) is 0 Å². The fraction of sp³-hybridized carbons (Fsp3) is 0.125. The van der Waals surface area contributed by atoms with Crippen LogP contribution in [0.15, 0.2) is 53.4 Å². The maximum atomic E-state index is 13.4. The number of carbonyl (C=O) groups is 2. The van der Waals surface area contributed by atoms with Crippen LogP contribution in [0.4, 0.5) is 10.1 Å². The van der Waals surface area contributed by atoms with Gasteiger partial charge in [-0.1, -0.05) is 24.3 Å². The molecule has 1 amide bonds. The van der Waals surface area contributed by atoms with Crippen molar-refractivity contribution in [2.75, 3.05) is 18.2 Å². The van der Waals surface area contributed by atoms with E-state index in [1.54, 1.807) is 0 Å². The van der Waals surface area contributed by atoms with Crippen LogP contribution < -0.4 is 5.32 Å². The molecular formula is C16H14FNO5S. The van der Waals surface area contributed by atoms with Crippen molar-refractivity contribution in [3.63, 3.8) is 0 Å².